The molecular formula is C12H11Cl3INO3S. The van der Waals surface area contributed by atoms with Crippen molar-refractivity contribution in [1.29, 1.82) is 0 Å². The number of hydrogen-bond acceptors (Lipinski definition) is 3. The molecular weight excluding hydrogens is 471 g/mol. The highest BCUT2D eigenvalue weighted by Crippen LogP contribution is 2.34. The SMILES string of the molecule is O=C(N(c1ccc(I)cc1)C1CCS(=O)(=O)C1)C(Cl)(Cl)Cl. The van der Waals surface area contributed by atoms with E-state index < -0.39 is 25.6 Å². The molecule has 1 fully saturated rings. The van der Waals surface area contributed by atoms with E-state index in [1.165, 1.54) is 4.90 Å². The van der Waals surface area contributed by atoms with Crippen molar-refractivity contribution in [2.45, 2.75) is 16.3 Å². The number of anilines is 1. The van der Waals surface area contributed by atoms with Crippen LogP contribution < -0.4 is 4.90 Å². The molecule has 1 aliphatic rings. The minimum atomic E-state index is -3.16. The van der Waals surface area contributed by atoms with Crippen LogP contribution in [0.15, 0.2) is 24.3 Å². The highest BCUT2D eigenvalue weighted by molar-refractivity contribution is 14.1. The standard InChI is InChI=1S/C12H11Cl3INO3S/c13-12(14,15)11(18)17(9-3-1-8(16)2-4-9)10-5-6-21(19,20)7-10/h1-4,10H,5-7H2. The molecule has 1 aromatic carbocycles. The van der Waals surface area contributed by atoms with E-state index in [2.05, 4.69) is 22.6 Å². The molecule has 1 saturated heterocycles. The van der Waals surface area contributed by atoms with Gasteiger partial charge >= 0.3 is 0 Å². The van der Waals surface area contributed by atoms with Crippen molar-refractivity contribution >= 4 is 78.8 Å². The van der Waals surface area contributed by atoms with Crippen LogP contribution in [0.5, 0.6) is 0 Å². The monoisotopic (exact) mass is 481 g/mol. The lowest BCUT2D eigenvalue weighted by Gasteiger charge is -2.31. The fourth-order valence-electron chi connectivity index (χ4n) is 2.21. The first-order chi connectivity index (χ1) is 9.60. The van der Waals surface area contributed by atoms with E-state index in [9.17, 15) is 13.2 Å². The summed E-state index contributed by atoms with van der Waals surface area (Å²) in [5.74, 6) is -0.826. The second-order valence-corrected chi connectivity index (χ2v) is 10.5. The van der Waals surface area contributed by atoms with Crippen LogP contribution in [0.2, 0.25) is 0 Å². The molecule has 1 aliphatic heterocycles. The Balaban J connectivity index is 2.40. The predicted molar refractivity (Wildman–Crippen MR) is 94.0 cm³/mol. The van der Waals surface area contributed by atoms with Gasteiger partial charge in [-0.1, -0.05) is 34.8 Å². The Bertz CT molecular complexity index is 643. The number of carbonyl (C=O) groups excluding carboxylic acids is 1. The molecule has 1 aromatic rings. The largest absolute Gasteiger partial charge is 0.305 e. The maximum Gasteiger partial charge on any atom is 0.279 e. The van der Waals surface area contributed by atoms with E-state index in [-0.39, 0.29) is 11.5 Å². The molecule has 4 nitrogen and oxygen atoms in total. The quantitative estimate of drug-likeness (QED) is 0.481. The van der Waals surface area contributed by atoms with Gasteiger partial charge in [0.15, 0.2) is 9.84 Å². The van der Waals surface area contributed by atoms with Gasteiger partial charge in [0.1, 0.15) is 0 Å². The number of carbonyl (C=O) groups is 1. The molecule has 21 heavy (non-hydrogen) atoms. The number of nitrogens with zero attached hydrogens (tertiary/aromatic N) is 1. The van der Waals surface area contributed by atoms with Gasteiger partial charge in [0.05, 0.1) is 17.5 Å². The molecule has 1 heterocycles. The Morgan fingerprint density at radius 2 is 1.81 bits per heavy atom. The lowest BCUT2D eigenvalue weighted by atomic mass is 10.2. The zero-order chi connectivity index (χ0) is 15.8. The molecule has 1 amide bonds. The van der Waals surface area contributed by atoms with Crippen molar-refractivity contribution < 1.29 is 13.2 Å². The molecule has 2 rings (SSSR count). The minimum absolute atomic E-state index is 0.0334. The Kier molecular flexibility index (Phi) is 5.35. The maximum atomic E-state index is 12.4. The molecule has 0 bridgehead atoms. The minimum Gasteiger partial charge on any atom is -0.305 e. The van der Waals surface area contributed by atoms with E-state index in [1.54, 1.807) is 24.3 Å². The highest BCUT2D eigenvalue weighted by Gasteiger charge is 2.42. The number of hydrogen-bond donors (Lipinski definition) is 0. The Morgan fingerprint density at radius 1 is 1.24 bits per heavy atom. The van der Waals surface area contributed by atoms with Gasteiger partial charge in [0.25, 0.3) is 9.70 Å². The van der Waals surface area contributed by atoms with E-state index in [0.29, 0.717) is 12.1 Å². The van der Waals surface area contributed by atoms with Crippen LogP contribution in [0, 0.1) is 3.57 Å². The summed E-state index contributed by atoms with van der Waals surface area (Å²) in [7, 11) is -3.16. The van der Waals surface area contributed by atoms with Crippen molar-refractivity contribution in [3.8, 4) is 0 Å². The molecule has 0 radical (unpaired) electrons. The van der Waals surface area contributed by atoms with Gasteiger partial charge in [0.2, 0.25) is 0 Å². The van der Waals surface area contributed by atoms with E-state index >= 15 is 0 Å². The first-order valence-electron chi connectivity index (χ1n) is 5.96. The summed E-state index contributed by atoms with van der Waals surface area (Å²) in [5, 5.41) is 0. The predicted octanol–water partition coefficient (Wildman–Crippen LogP) is 3.18. The molecule has 0 saturated carbocycles. The normalized spacial score (nSPS) is 21.2. The summed E-state index contributed by atoms with van der Waals surface area (Å²) in [6, 6.07) is 6.51. The first-order valence-corrected chi connectivity index (χ1v) is 10.00. The van der Waals surface area contributed by atoms with Gasteiger partial charge in [-0.15, -0.1) is 0 Å². The van der Waals surface area contributed by atoms with Crippen LogP contribution in [0.25, 0.3) is 0 Å². The third kappa shape index (κ3) is 4.37. The topological polar surface area (TPSA) is 54.5 Å². The smallest absolute Gasteiger partial charge is 0.279 e. The average molecular weight is 483 g/mol. The van der Waals surface area contributed by atoms with Crippen molar-refractivity contribution in [1.82, 2.24) is 0 Å². The lowest BCUT2D eigenvalue weighted by Crippen LogP contribution is -2.47. The van der Waals surface area contributed by atoms with Crippen LogP contribution in [0.3, 0.4) is 0 Å². The fraction of sp³-hybridized carbons (Fsp3) is 0.417. The fourth-order valence-corrected chi connectivity index (χ4v) is 4.54. The number of alkyl halides is 3. The number of sulfone groups is 1. The van der Waals surface area contributed by atoms with E-state index in [0.717, 1.165) is 3.57 Å². The van der Waals surface area contributed by atoms with Gasteiger partial charge in [-0.3, -0.25) is 4.79 Å². The van der Waals surface area contributed by atoms with Crippen molar-refractivity contribution in [3.05, 3.63) is 27.8 Å². The van der Waals surface area contributed by atoms with Gasteiger partial charge in [-0.05, 0) is 53.3 Å². The second-order valence-electron chi connectivity index (χ2n) is 4.71. The molecule has 1 atom stereocenters. The Labute approximate surface area is 151 Å². The third-order valence-electron chi connectivity index (χ3n) is 3.14. The summed E-state index contributed by atoms with van der Waals surface area (Å²) >= 11 is 19.2. The maximum absolute atomic E-state index is 12.4. The molecule has 0 aromatic heterocycles. The molecule has 0 aliphatic carbocycles. The molecule has 9 heteroatoms. The number of rotatable bonds is 2. The van der Waals surface area contributed by atoms with Crippen molar-refractivity contribution in [2.24, 2.45) is 0 Å². The number of halogens is 4. The van der Waals surface area contributed by atoms with E-state index in [1.807, 2.05) is 0 Å². The summed E-state index contributed by atoms with van der Waals surface area (Å²) in [5.41, 5.74) is 0.522. The number of amides is 1. The van der Waals surface area contributed by atoms with Crippen LogP contribution >= 0.6 is 57.4 Å². The lowest BCUT2D eigenvalue weighted by molar-refractivity contribution is -0.118. The van der Waals surface area contributed by atoms with Gasteiger partial charge in [-0.25, -0.2) is 8.42 Å². The number of benzene rings is 1. The molecule has 0 spiro atoms. The Hall–Kier alpha value is 0.240. The van der Waals surface area contributed by atoms with Crippen LogP contribution in [0.4, 0.5) is 5.69 Å². The van der Waals surface area contributed by atoms with Gasteiger partial charge < -0.3 is 4.90 Å². The van der Waals surface area contributed by atoms with E-state index in [4.69, 9.17) is 34.8 Å². The van der Waals surface area contributed by atoms with Crippen LogP contribution in [-0.4, -0.2) is 35.7 Å². The summed E-state index contributed by atoms with van der Waals surface area (Å²) in [6.07, 6.45) is 0.334. The van der Waals surface area contributed by atoms with Crippen molar-refractivity contribution in [3.63, 3.8) is 0 Å². The van der Waals surface area contributed by atoms with Crippen LogP contribution in [0.1, 0.15) is 6.42 Å². The molecule has 1 unspecified atom stereocenters. The highest BCUT2D eigenvalue weighted by atomic mass is 127. The summed E-state index contributed by atoms with van der Waals surface area (Å²) < 4.78 is 22.2. The average Bonchev–Trinajstić information content (AvgIpc) is 2.71. The first kappa shape index (κ1) is 17.6. The molecule has 116 valence electrons. The zero-order valence-electron chi connectivity index (χ0n) is 10.6. The zero-order valence-corrected chi connectivity index (χ0v) is 15.8. The van der Waals surface area contributed by atoms with Gasteiger partial charge in [0, 0.05) is 9.26 Å². The Morgan fingerprint density at radius 3 is 2.24 bits per heavy atom. The molecule has 0 N–H and O–H groups in total. The third-order valence-corrected chi connectivity index (χ3v) is 6.09. The second kappa shape index (κ2) is 6.39. The van der Waals surface area contributed by atoms with Crippen molar-refractivity contribution in [2.75, 3.05) is 16.4 Å². The summed E-state index contributed by atoms with van der Waals surface area (Å²) in [6.45, 7) is 0. The van der Waals surface area contributed by atoms with Crippen LogP contribution in [-0.2, 0) is 14.6 Å². The van der Waals surface area contributed by atoms with Gasteiger partial charge in [-0.2, -0.15) is 0 Å². The summed E-state index contributed by atoms with van der Waals surface area (Å²) in [4.78, 5) is 13.7.